The van der Waals surface area contributed by atoms with E-state index in [1.807, 2.05) is 6.55 Å². The van der Waals surface area contributed by atoms with Crippen LogP contribution in [0.3, 0.4) is 0 Å². The summed E-state index contributed by atoms with van der Waals surface area (Å²) in [5.74, 6) is 0. The van der Waals surface area contributed by atoms with Gasteiger partial charge in [0.2, 0.25) is 0 Å². The molecule has 1 unspecified atom stereocenters. The van der Waals surface area contributed by atoms with E-state index in [1.165, 1.54) is 0 Å². The van der Waals surface area contributed by atoms with Gasteiger partial charge in [-0.1, -0.05) is 6.55 Å². The van der Waals surface area contributed by atoms with Crippen LogP contribution in [-0.4, -0.2) is 23.8 Å². The quantitative estimate of drug-likeness (QED) is 0.475. The standard InChI is InChI=1S/C2H10O2Si2/c1-5-4-6(2)3/h3,6H,5H2,1-2H3. The third-order valence-corrected chi connectivity index (χ3v) is 3.67. The van der Waals surface area contributed by atoms with Gasteiger partial charge in [-0.3, -0.25) is 0 Å². The minimum Gasteiger partial charge on any atom is -0.444 e. The van der Waals surface area contributed by atoms with Gasteiger partial charge in [0, 0.05) is 0 Å². The summed E-state index contributed by atoms with van der Waals surface area (Å²) < 4.78 is 4.88. The average molecular weight is 122 g/mol. The minimum absolute atomic E-state index is 0.322. The van der Waals surface area contributed by atoms with Gasteiger partial charge in [0.05, 0.1) is 0 Å². The lowest BCUT2D eigenvalue weighted by Crippen LogP contribution is -2.12. The topological polar surface area (TPSA) is 29.5 Å². The summed E-state index contributed by atoms with van der Waals surface area (Å²) in [6, 6.07) is 0. The molecule has 0 fully saturated rings. The normalized spacial score (nSPS) is 16.5. The van der Waals surface area contributed by atoms with Gasteiger partial charge < -0.3 is 8.91 Å². The second-order valence-electron chi connectivity index (χ2n) is 1.05. The lowest BCUT2D eigenvalue weighted by Gasteiger charge is -1.97. The number of hydrogen-bond donors (Lipinski definition) is 1. The van der Waals surface area contributed by atoms with Crippen molar-refractivity contribution in [3.63, 3.8) is 0 Å². The molecular weight excluding hydrogens is 112 g/mol. The summed E-state index contributed by atoms with van der Waals surface area (Å²) in [5, 5.41) is 0. The van der Waals surface area contributed by atoms with E-state index in [0.29, 0.717) is 0 Å². The van der Waals surface area contributed by atoms with Crippen molar-refractivity contribution < 1.29 is 8.91 Å². The molecule has 0 heterocycles. The summed E-state index contributed by atoms with van der Waals surface area (Å²) in [6.07, 6.45) is 0. The zero-order valence-corrected chi connectivity index (χ0v) is 6.71. The first-order chi connectivity index (χ1) is 2.77. The van der Waals surface area contributed by atoms with E-state index in [0.717, 1.165) is 0 Å². The Morgan fingerprint density at radius 2 is 2.33 bits per heavy atom. The van der Waals surface area contributed by atoms with Crippen LogP contribution in [0.1, 0.15) is 0 Å². The molecule has 0 aliphatic rings. The molecule has 1 atom stereocenters. The van der Waals surface area contributed by atoms with Crippen molar-refractivity contribution in [3.8, 4) is 0 Å². The molecule has 0 saturated heterocycles. The van der Waals surface area contributed by atoms with Crippen molar-refractivity contribution >= 4 is 19.0 Å². The maximum Gasteiger partial charge on any atom is 0.304 e. The summed E-state index contributed by atoms with van der Waals surface area (Å²) in [7, 11) is -1.93. The Hall–Kier alpha value is 0.354. The molecule has 1 N–H and O–H groups in total. The van der Waals surface area contributed by atoms with Gasteiger partial charge in [-0.25, -0.2) is 0 Å². The molecule has 0 aromatic carbocycles. The first-order valence-corrected chi connectivity index (χ1v) is 6.20. The van der Waals surface area contributed by atoms with Crippen molar-refractivity contribution in [2.75, 3.05) is 0 Å². The third kappa shape index (κ3) is 4.35. The first-order valence-electron chi connectivity index (χ1n) is 2.07. The molecule has 0 aliphatic heterocycles. The smallest absolute Gasteiger partial charge is 0.304 e. The van der Waals surface area contributed by atoms with Gasteiger partial charge >= 0.3 is 9.28 Å². The van der Waals surface area contributed by atoms with Crippen molar-refractivity contribution in [1.82, 2.24) is 0 Å². The van der Waals surface area contributed by atoms with Crippen LogP contribution in [0.5, 0.6) is 0 Å². The molecule has 4 heteroatoms. The second kappa shape index (κ2) is 3.54. The predicted octanol–water partition coefficient (Wildman–Crippen LogP) is -1.02. The monoisotopic (exact) mass is 122 g/mol. The number of hydrogen-bond acceptors (Lipinski definition) is 2. The highest BCUT2D eigenvalue weighted by Gasteiger charge is 1.90. The Balaban J connectivity index is 2.63. The SMILES string of the molecule is C[SiH2]O[SiH](C)O. The van der Waals surface area contributed by atoms with Crippen LogP contribution >= 0.6 is 0 Å². The summed E-state index contributed by atoms with van der Waals surface area (Å²) in [4.78, 5) is 8.50. The van der Waals surface area contributed by atoms with E-state index in [1.54, 1.807) is 6.55 Å². The fourth-order valence-electron chi connectivity index (χ4n) is 0.241. The van der Waals surface area contributed by atoms with Gasteiger partial charge in [-0.05, 0) is 6.55 Å². The molecule has 0 radical (unpaired) electrons. The fraction of sp³-hybridized carbons (Fsp3) is 1.00. The first kappa shape index (κ1) is 6.35. The highest BCUT2D eigenvalue weighted by Crippen LogP contribution is 1.72. The third-order valence-electron chi connectivity index (χ3n) is 0.408. The van der Waals surface area contributed by atoms with Crippen LogP contribution in [0, 0.1) is 0 Å². The van der Waals surface area contributed by atoms with E-state index in [4.69, 9.17) is 8.91 Å². The molecule has 38 valence electrons. The van der Waals surface area contributed by atoms with Gasteiger partial charge in [0.15, 0.2) is 0 Å². The maximum absolute atomic E-state index is 8.50. The van der Waals surface area contributed by atoms with E-state index < -0.39 is 9.28 Å². The molecule has 0 bridgehead atoms. The Morgan fingerprint density at radius 3 is 2.33 bits per heavy atom. The van der Waals surface area contributed by atoms with Crippen LogP contribution in [-0.2, 0) is 4.12 Å². The van der Waals surface area contributed by atoms with Crippen LogP contribution in [0.4, 0.5) is 0 Å². The molecule has 0 aromatic heterocycles. The molecule has 0 saturated carbocycles. The highest BCUT2D eigenvalue weighted by atomic mass is 28.4. The lowest BCUT2D eigenvalue weighted by atomic mass is 11.9. The Kier molecular flexibility index (Phi) is 3.75. The van der Waals surface area contributed by atoms with E-state index in [2.05, 4.69) is 0 Å². The minimum atomic E-state index is -1.61. The molecule has 6 heavy (non-hydrogen) atoms. The summed E-state index contributed by atoms with van der Waals surface area (Å²) in [6.45, 7) is 3.77. The van der Waals surface area contributed by atoms with Gasteiger partial charge in [0.1, 0.15) is 9.76 Å². The Bertz CT molecular complexity index is 30.7. The van der Waals surface area contributed by atoms with Crippen LogP contribution in [0.15, 0.2) is 0 Å². The molecular formula is C2H10O2Si2. The average Bonchev–Trinajstić information content (AvgIpc) is 1.35. The van der Waals surface area contributed by atoms with Crippen LogP contribution in [0.25, 0.3) is 0 Å². The fourth-order valence-corrected chi connectivity index (χ4v) is 2.17. The highest BCUT2D eigenvalue weighted by molar-refractivity contribution is 6.50. The van der Waals surface area contributed by atoms with E-state index in [-0.39, 0.29) is 9.76 Å². The van der Waals surface area contributed by atoms with Crippen molar-refractivity contribution in [2.24, 2.45) is 0 Å². The van der Waals surface area contributed by atoms with Crippen molar-refractivity contribution in [1.29, 1.82) is 0 Å². The molecule has 0 rings (SSSR count). The van der Waals surface area contributed by atoms with Gasteiger partial charge in [-0.2, -0.15) is 0 Å². The number of rotatable bonds is 2. The molecule has 0 aromatic rings. The zero-order valence-electron chi connectivity index (χ0n) is 4.14. The maximum atomic E-state index is 8.50. The largest absolute Gasteiger partial charge is 0.444 e. The lowest BCUT2D eigenvalue weighted by molar-refractivity contribution is 0.440. The van der Waals surface area contributed by atoms with E-state index >= 15 is 0 Å². The van der Waals surface area contributed by atoms with Crippen LogP contribution in [0.2, 0.25) is 13.1 Å². The van der Waals surface area contributed by atoms with Crippen molar-refractivity contribution in [3.05, 3.63) is 0 Å². The molecule has 0 aliphatic carbocycles. The predicted molar refractivity (Wildman–Crippen MR) is 30.7 cm³/mol. The molecule has 2 nitrogen and oxygen atoms in total. The zero-order chi connectivity index (χ0) is 4.99. The van der Waals surface area contributed by atoms with Gasteiger partial charge in [-0.15, -0.1) is 0 Å². The Morgan fingerprint density at radius 1 is 1.83 bits per heavy atom. The Labute approximate surface area is 41.9 Å². The van der Waals surface area contributed by atoms with Crippen LogP contribution < -0.4 is 0 Å². The van der Waals surface area contributed by atoms with Crippen molar-refractivity contribution in [2.45, 2.75) is 13.1 Å². The summed E-state index contributed by atoms with van der Waals surface area (Å²) in [5.41, 5.74) is 0. The summed E-state index contributed by atoms with van der Waals surface area (Å²) >= 11 is 0. The molecule has 0 spiro atoms. The molecule has 0 amide bonds. The second-order valence-corrected chi connectivity index (χ2v) is 4.16. The van der Waals surface area contributed by atoms with Gasteiger partial charge in [0.25, 0.3) is 0 Å². The van der Waals surface area contributed by atoms with E-state index in [9.17, 15) is 0 Å².